The number of aliphatic carboxylic acids is 1. The summed E-state index contributed by atoms with van der Waals surface area (Å²) < 4.78 is 0. The van der Waals surface area contributed by atoms with Gasteiger partial charge in [-0.25, -0.2) is 0 Å². The first kappa shape index (κ1) is 13.3. The first-order valence-corrected chi connectivity index (χ1v) is 6.71. The van der Waals surface area contributed by atoms with E-state index in [1.807, 2.05) is 24.3 Å². The maximum Gasteiger partial charge on any atom is 0.310 e. The van der Waals surface area contributed by atoms with Gasteiger partial charge in [0.15, 0.2) is 0 Å². The van der Waals surface area contributed by atoms with Crippen molar-refractivity contribution in [3.8, 4) is 0 Å². The number of carbonyl (C=O) groups excluding carboxylic acids is 1. The number of rotatable bonds is 3. The number of carboxylic acids is 1. The summed E-state index contributed by atoms with van der Waals surface area (Å²) in [6.45, 7) is 0. The lowest BCUT2D eigenvalue weighted by atomic mass is 10.1. The molecule has 2 aromatic rings. The molecule has 2 atom stereocenters. The van der Waals surface area contributed by atoms with E-state index < -0.39 is 11.9 Å². The molecular weight excluding hydrogens is 268 g/mol. The Morgan fingerprint density at radius 1 is 1.19 bits per heavy atom. The Bertz CT molecular complexity index is 734. The van der Waals surface area contributed by atoms with Crippen LogP contribution in [0.25, 0.3) is 10.9 Å². The van der Waals surface area contributed by atoms with Crippen LogP contribution in [0.2, 0.25) is 0 Å². The van der Waals surface area contributed by atoms with E-state index in [0.717, 1.165) is 5.39 Å². The average molecular weight is 282 g/mol. The highest BCUT2D eigenvalue weighted by atomic mass is 16.4. The molecule has 5 heteroatoms. The van der Waals surface area contributed by atoms with Crippen LogP contribution in [0.15, 0.2) is 48.7 Å². The third kappa shape index (κ3) is 2.63. The Morgan fingerprint density at radius 2 is 2.00 bits per heavy atom. The van der Waals surface area contributed by atoms with Crippen LogP contribution in [-0.4, -0.2) is 28.0 Å². The molecule has 106 valence electrons. The fraction of sp³-hybridized carbons (Fsp3) is 0.188. The predicted octanol–water partition coefficient (Wildman–Crippen LogP) is 1.99. The van der Waals surface area contributed by atoms with Crippen LogP contribution in [-0.2, 0) is 4.79 Å². The molecule has 2 N–H and O–H groups in total. The monoisotopic (exact) mass is 282 g/mol. The third-order valence-electron chi connectivity index (χ3n) is 3.59. The van der Waals surface area contributed by atoms with Gasteiger partial charge in [-0.15, -0.1) is 0 Å². The number of nitrogens with zero attached hydrogens (tertiary/aromatic N) is 1. The van der Waals surface area contributed by atoms with Crippen LogP contribution in [0.1, 0.15) is 16.8 Å². The minimum Gasteiger partial charge on any atom is -0.481 e. The lowest BCUT2D eigenvalue weighted by Crippen LogP contribution is -2.33. The highest BCUT2D eigenvalue weighted by molar-refractivity contribution is 6.05. The zero-order valence-electron chi connectivity index (χ0n) is 11.2. The number of carboxylic acid groups (broad SMARTS) is 1. The molecule has 1 aromatic heterocycles. The van der Waals surface area contributed by atoms with Gasteiger partial charge >= 0.3 is 5.97 Å². The highest BCUT2D eigenvalue weighted by Gasteiger charge is 2.26. The molecule has 21 heavy (non-hydrogen) atoms. The smallest absolute Gasteiger partial charge is 0.310 e. The van der Waals surface area contributed by atoms with E-state index in [2.05, 4.69) is 10.3 Å². The standard InChI is InChI=1S/C16H14N2O3/c19-15(18-12-7-6-11(9-12)16(20)21)13-5-1-3-10-4-2-8-17-14(10)13/h1-8,11-12H,9H2,(H,18,19)(H,20,21). The van der Waals surface area contributed by atoms with Crippen LogP contribution >= 0.6 is 0 Å². The third-order valence-corrected chi connectivity index (χ3v) is 3.59. The van der Waals surface area contributed by atoms with E-state index in [0.29, 0.717) is 17.5 Å². The maximum atomic E-state index is 12.4. The molecular formula is C16H14N2O3. The van der Waals surface area contributed by atoms with Gasteiger partial charge in [0.05, 0.1) is 17.0 Å². The first-order valence-electron chi connectivity index (χ1n) is 6.71. The molecule has 0 saturated heterocycles. The van der Waals surface area contributed by atoms with Gasteiger partial charge in [-0.1, -0.05) is 30.4 Å². The Kier molecular flexibility index (Phi) is 3.39. The van der Waals surface area contributed by atoms with Gasteiger partial charge in [0, 0.05) is 17.6 Å². The molecule has 0 spiro atoms. The van der Waals surface area contributed by atoms with Crippen molar-refractivity contribution in [2.45, 2.75) is 12.5 Å². The topological polar surface area (TPSA) is 79.3 Å². The minimum absolute atomic E-state index is 0.236. The van der Waals surface area contributed by atoms with Gasteiger partial charge in [0.1, 0.15) is 0 Å². The molecule has 1 heterocycles. The SMILES string of the molecule is O=C(NC1C=CC(C(=O)O)C1)c1cccc2cccnc12. The average Bonchev–Trinajstić information content (AvgIpc) is 2.95. The van der Waals surface area contributed by atoms with Crippen molar-refractivity contribution in [2.24, 2.45) is 5.92 Å². The fourth-order valence-electron chi connectivity index (χ4n) is 2.52. The second kappa shape index (κ2) is 5.36. The molecule has 3 rings (SSSR count). The summed E-state index contributed by atoms with van der Waals surface area (Å²) in [7, 11) is 0. The Balaban J connectivity index is 1.80. The predicted molar refractivity (Wildman–Crippen MR) is 77.9 cm³/mol. The van der Waals surface area contributed by atoms with Crippen molar-refractivity contribution in [3.63, 3.8) is 0 Å². The Labute approximate surface area is 121 Å². The summed E-state index contributed by atoms with van der Waals surface area (Å²) in [4.78, 5) is 27.5. The van der Waals surface area contributed by atoms with Crippen molar-refractivity contribution >= 4 is 22.8 Å². The maximum absolute atomic E-state index is 12.4. The van der Waals surface area contributed by atoms with E-state index in [9.17, 15) is 9.59 Å². The van der Waals surface area contributed by atoms with Gasteiger partial charge < -0.3 is 10.4 Å². The molecule has 0 fully saturated rings. The molecule has 2 unspecified atom stereocenters. The van der Waals surface area contributed by atoms with E-state index in [1.165, 1.54) is 0 Å². The van der Waals surface area contributed by atoms with Crippen LogP contribution in [0.3, 0.4) is 0 Å². The van der Waals surface area contributed by atoms with E-state index in [1.54, 1.807) is 24.4 Å². The van der Waals surface area contributed by atoms with Crippen LogP contribution in [0.4, 0.5) is 0 Å². The molecule has 5 nitrogen and oxygen atoms in total. The number of nitrogens with one attached hydrogen (secondary N) is 1. The Hall–Kier alpha value is -2.69. The number of hydrogen-bond acceptors (Lipinski definition) is 3. The number of amides is 1. The van der Waals surface area contributed by atoms with Crippen LogP contribution < -0.4 is 5.32 Å². The molecule has 0 radical (unpaired) electrons. The minimum atomic E-state index is -0.866. The van der Waals surface area contributed by atoms with Crippen molar-refractivity contribution in [1.82, 2.24) is 10.3 Å². The number of benzene rings is 1. The van der Waals surface area contributed by atoms with Crippen LogP contribution in [0.5, 0.6) is 0 Å². The summed E-state index contributed by atoms with van der Waals surface area (Å²) >= 11 is 0. The Morgan fingerprint density at radius 3 is 2.76 bits per heavy atom. The van der Waals surface area contributed by atoms with E-state index in [4.69, 9.17) is 5.11 Å². The zero-order chi connectivity index (χ0) is 14.8. The van der Waals surface area contributed by atoms with Gasteiger partial charge in [-0.3, -0.25) is 14.6 Å². The lowest BCUT2D eigenvalue weighted by Gasteiger charge is -2.13. The van der Waals surface area contributed by atoms with E-state index >= 15 is 0 Å². The largest absolute Gasteiger partial charge is 0.481 e. The quantitative estimate of drug-likeness (QED) is 0.844. The number of hydrogen-bond donors (Lipinski definition) is 2. The van der Waals surface area contributed by atoms with Crippen molar-refractivity contribution in [2.75, 3.05) is 0 Å². The number of para-hydroxylation sites is 1. The molecule has 0 saturated carbocycles. The number of pyridine rings is 1. The lowest BCUT2D eigenvalue weighted by molar-refractivity contribution is -0.140. The van der Waals surface area contributed by atoms with E-state index in [-0.39, 0.29) is 11.9 Å². The fourth-order valence-corrected chi connectivity index (χ4v) is 2.52. The molecule has 1 aromatic carbocycles. The first-order chi connectivity index (χ1) is 10.1. The number of fused-ring (bicyclic) bond motifs is 1. The summed E-state index contributed by atoms with van der Waals surface area (Å²) in [5.41, 5.74) is 1.15. The van der Waals surface area contributed by atoms with Crippen molar-refractivity contribution in [1.29, 1.82) is 0 Å². The van der Waals surface area contributed by atoms with Gasteiger partial charge in [0.2, 0.25) is 0 Å². The zero-order valence-corrected chi connectivity index (χ0v) is 11.2. The van der Waals surface area contributed by atoms with Gasteiger partial charge in [-0.05, 0) is 18.6 Å². The van der Waals surface area contributed by atoms with Gasteiger partial charge in [-0.2, -0.15) is 0 Å². The summed E-state index contributed by atoms with van der Waals surface area (Å²) in [5.74, 6) is -1.63. The highest BCUT2D eigenvalue weighted by Crippen LogP contribution is 2.20. The molecule has 0 aliphatic heterocycles. The second-order valence-electron chi connectivity index (χ2n) is 5.03. The molecule has 1 aliphatic carbocycles. The van der Waals surface area contributed by atoms with Crippen molar-refractivity contribution in [3.05, 3.63) is 54.2 Å². The van der Waals surface area contributed by atoms with Crippen LogP contribution in [0, 0.1) is 5.92 Å². The molecule has 0 bridgehead atoms. The molecule has 1 aliphatic rings. The number of carbonyl (C=O) groups is 2. The normalized spacial score (nSPS) is 20.6. The summed E-state index contributed by atoms with van der Waals surface area (Å²) in [6, 6.07) is 8.89. The summed E-state index contributed by atoms with van der Waals surface area (Å²) in [6.07, 6.45) is 5.39. The summed E-state index contributed by atoms with van der Waals surface area (Å²) in [5, 5.41) is 12.7. The molecule has 1 amide bonds. The second-order valence-corrected chi connectivity index (χ2v) is 5.03. The number of aromatic nitrogens is 1. The van der Waals surface area contributed by atoms with Crippen molar-refractivity contribution < 1.29 is 14.7 Å². The van der Waals surface area contributed by atoms with Gasteiger partial charge in [0.25, 0.3) is 5.91 Å².